The van der Waals surface area contributed by atoms with Gasteiger partial charge in [-0.25, -0.2) is 4.98 Å². The first-order valence-electron chi connectivity index (χ1n) is 5.14. The third-order valence-corrected chi connectivity index (χ3v) is 1.97. The summed E-state index contributed by atoms with van der Waals surface area (Å²) in [5.74, 6) is 0.631. The van der Waals surface area contributed by atoms with Crippen LogP contribution in [0.4, 0.5) is 5.82 Å². The van der Waals surface area contributed by atoms with Crippen molar-refractivity contribution in [2.75, 3.05) is 32.1 Å². The van der Waals surface area contributed by atoms with E-state index < -0.39 is 0 Å². The lowest BCUT2D eigenvalue weighted by Crippen LogP contribution is -2.32. The van der Waals surface area contributed by atoms with Crippen LogP contribution in [-0.4, -0.2) is 37.7 Å². The third kappa shape index (κ3) is 4.75. The molecule has 0 fully saturated rings. The minimum Gasteiger partial charge on any atom is -0.383 e. The summed E-state index contributed by atoms with van der Waals surface area (Å²) in [6.45, 7) is 3.24. The molecule has 0 radical (unpaired) electrons. The van der Waals surface area contributed by atoms with Gasteiger partial charge < -0.3 is 15.4 Å². The Kier molecular flexibility index (Phi) is 5.28. The molecule has 0 bridgehead atoms. The number of aromatic nitrogens is 1. The van der Waals surface area contributed by atoms with Gasteiger partial charge in [-0.15, -0.1) is 0 Å². The highest BCUT2D eigenvalue weighted by molar-refractivity contribution is 5.80. The molecule has 0 atom stereocenters. The van der Waals surface area contributed by atoms with E-state index in [-0.39, 0.29) is 12.5 Å². The van der Waals surface area contributed by atoms with E-state index in [9.17, 15) is 4.79 Å². The van der Waals surface area contributed by atoms with Gasteiger partial charge in [-0.05, 0) is 18.6 Å². The summed E-state index contributed by atoms with van der Waals surface area (Å²) < 4.78 is 4.82. The van der Waals surface area contributed by atoms with Gasteiger partial charge in [0.15, 0.2) is 0 Å². The van der Waals surface area contributed by atoms with Gasteiger partial charge in [0.05, 0.1) is 13.2 Å². The van der Waals surface area contributed by atoms with E-state index in [1.807, 2.05) is 19.1 Å². The Balaban J connectivity index is 2.23. The van der Waals surface area contributed by atoms with Gasteiger partial charge in [-0.2, -0.15) is 0 Å². The lowest BCUT2D eigenvalue weighted by Gasteiger charge is -2.06. The predicted molar refractivity (Wildman–Crippen MR) is 62.3 cm³/mol. The van der Waals surface area contributed by atoms with Crippen LogP contribution in [0.5, 0.6) is 0 Å². The van der Waals surface area contributed by atoms with Gasteiger partial charge in [-0.1, -0.05) is 6.07 Å². The molecule has 0 unspecified atom stereocenters. The maximum absolute atomic E-state index is 11.3. The van der Waals surface area contributed by atoms with Gasteiger partial charge >= 0.3 is 0 Å². The quantitative estimate of drug-likeness (QED) is 0.692. The molecule has 0 aliphatic carbocycles. The van der Waals surface area contributed by atoms with Crippen molar-refractivity contribution in [3.63, 3.8) is 0 Å². The van der Waals surface area contributed by atoms with Crippen LogP contribution >= 0.6 is 0 Å². The number of rotatable bonds is 6. The second kappa shape index (κ2) is 6.79. The maximum atomic E-state index is 11.3. The van der Waals surface area contributed by atoms with Crippen LogP contribution in [0.3, 0.4) is 0 Å². The van der Waals surface area contributed by atoms with Crippen molar-refractivity contribution in [2.24, 2.45) is 0 Å². The molecule has 2 N–H and O–H groups in total. The summed E-state index contributed by atoms with van der Waals surface area (Å²) >= 11 is 0. The second-order valence-electron chi connectivity index (χ2n) is 3.42. The van der Waals surface area contributed by atoms with Crippen LogP contribution in [0.1, 0.15) is 5.56 Å². The Morgan fingerprint density at radius 2 is 2.31 bits per heavy atom. The zero-order valence-electron chi connectivity index (χ0n) is 9.62. The Hall–Kier alpha value is -1.62. The fourth-order valence-corrected chi connectivity index (χ4v) is 1.10. The molecule has 1 aromatic heterocycles. The van der Waals surface area contributed by atoms with Gasteiger partial charge in [0, 0.05) is 19.9 Å². The Morgan fingerprint density at radius 3 is 2.94 bits per heavy atom. The molecule has 1 rings (SSSR count). The molecule has 88 valence electrons. The number of anilines is 1. The minimum absolute atomic E-state index is 0.0700. The van der Waals surface area contributed by atoms with Crippen LogP contribution < -0.4 is 10.6 Å². The number of pyridine rings is 1. The zero-order chi connectivity index (χ0) is 11.8. The molecule has 16 heavy (non-hydrogen) atoms. The molecule has 0 spiro atoms. The zero-order valence-corrected chi connectivity index (χ0v) is 9.62. The van der Waals surface area contributed by atoms with Crippen molar-refractivity contribution in [1.82, 2.24) is 10.3 Å². The molecular weight excluding hydrogens is 206 g/mol. The highest BCUT2D eigenvalue weighted by atomic mass is 16.5. The fourth-order valence-electron chi connectivity index (χ4n) is 1.10. The monoisotopic (exact) mass is 223 g/mol. The standard InChI is InChI=1S/C11H17N3O2/c1-9-3-4-10(13-7-9)14-8-11(15)12-5-6-16-2/h3-4,7H,5-6,8H2,1-2H3,(H,12,15)(H,13,14). The van der Waals surface area contributed by atoms with E-state index >= 15 is 0 Å². The Bertz CT molecular complexity index is 325. The first kappa shape index (κ1) is 12.4. The topological polar surface area (TPSA) is 63.2 Å². The number of nitrogens with zero attached hydrogens (tertiary/aromatic N) is 1. The van der Waals surface area contributed by atoms with E-state index in [2.05, 4.69) is 15.6 Å². The van der Waals surface area contributed by atoms with Crippen molar-refractivity contribution in [2.45, 2.75) is 6.92 Å². The third-order valence-electron chi connectivity index (χ3n) is 1.97. The molecular formula is C11H17N3O2. The number of amides is 1. The maximum Gasteiger partial charge on any atom is 0.239 e. The van der Waals surface area contributed by atoms with Crippen LogP contribution in [0.25, 0.3) is 0 Å². The fraction of sp³-hybridized carbons (Fsp3) is 0.455. The molecule has 1 amide bonds. The van der Waals surface area contributed by atoms with E-state index in [0.29, 0.717) is 19.0 Å². The summed E-state index contributed by atoms with van der Waals surface area (Å²) in [4.78, 5) is 15.4. The molecule has 0 aromatic carbocycles. The summed E-state index contributed by atoms with van der Waals surface area (Å²) in [6.07, 6.45) is 1.76. The molecule has 0 saturated carbocycles. The molecule has 0 aliphatic heterocycles. The van der Waals surface area contributed by atoms with Crippen LogP contribution in [0.15, 0.2) is 18.3 Å². The average Bonchev–Trinajstić information content (AvgIpc) is 2.29. The summed E-state index contributed by atoms with van der Waals surface area (Å²) in [7, 11) is 1.60. The van der Waals surface area contributed by atoms with Crippen LogP contribution in [0.2, 0.25) is 0 Å². The largest absolute Gasteiger partial charge is 0.383 e. The number of ether oxygens (including phenoxy) is 1. The second-order valence-corrected chi connectivity index (χ2v) is 3.42. The lowest BCUT2D eigenvalue weighted by molar-refractivity contribution is -0.119. The van der Waals surface area contributed by atoms with Gasteiger partial charge in [0.2, 0.25) is 5.91 Å². The minimum atomic E-state index is -0.0700. The first-order chi connectivity index (χ1) is 7.72. The summed E-state index contributed by atoms with van der Waals surface area (Å²) in [5.41, 5.74) is 1.09. The molecule has 5 heteroatoms. The Morgan fingerprint density at radius 1 is 1.50 bits per heavy atom. The molecule has 0 aliphatic rings. The number of nitrogens with one attached hydrogen (secondary N) is 2. The number of carbonyl (C=O) groups is 1. The van der Waals surface area contributed by atoms with Gasteiger partial charge in [0.25, 0.3) is 0 Å². The number of hydrogen-bond acceptors (Lipinski definition) is 4. The average molecular weight is 223 g/mol. The number of aryl methyl sites for hydroxylation is 1. The van der Waals surface area contributed by atoms with Crippen molar-refractivity contribution >= 4 is 11.7 Å². The SMILES string of the molecule is COCCNC(=O)CNc1ccc(C)cn1. The molecule has 0 saturated heterocycles. The normalized spacial score (nSPS) is 9.88. The molecule has 1 heterocycles. The Labute approximate surface area is 95.2 Å². The number of carbonyl (C=O) groups excluding carboxylic acids is 1. The van der Waals surface area contributed by atoms with E-state index in [0.717, 1.165) is 5.56 Å². The van der Waals surface area contributed by atoms with Gasteiger partial charge in [0.1, 0.15) is 5.82 Å². The van der Waals surface area contributed by atoms with Crippen molar-refractivity contribution in [3.05, 3.63) is 23.9 Å². The molecule has 1 aromatic rings. The van der Waals surface area contributed by atoms with E-state index in [1.54, 1.807) is 13.3 Å². The van der Waals surface area contributed by atoms with Crippen LogP contribution in [-0.2, 0) is 9.53 Å². The van der Waals surface area contributed by atoms with Crippen molar-refractivity contribution < 1.29 is 9.53 Å². The molecule has 5 nitrogen and oxygen atoms in total. The highest BCUT2D eigenvalue weighted by Crippen LogP contribution is 2.02. The van der Waals surface area contributed by atoms with Crippen molar-refractivity contribution in [1.29, 1.82) is 0 Å². The smallest absolute Gasteiger partial charge is 0.239 e. The first-order valence-corrected chi connectivity index (χ1v) is 5.14. The van der Waals surface area contributed by atoms with Crippen LogP contribution in [0, 0.1) is 6.92 Å². The summed E-state index contributed by atoms with van der Waals surface area (Å²) in [6, 6.07) is 3.79. The predicted octanol–water partition coefficient (Wildman–Crippen LogP) is 0.565. The van der Waals surface area contributed by atoms with Gasteiger partial charge in [-0.3, -0.25) is 4.79 Å². The number of hydrogen-bond donors (Lipinski definition) is 2. The summed E-state index contributed by atoms with van der Waals surface area (Å²) in [5, 5.41) is 5.65. The van der Waals surface area contributed by atoms with E-state index in [1.165, 1.54) is 0 Å². The van der Waals surface area contributed by atoms with Crippen molar-refractivity contribution in [3.8, 4) is 0 Å². The lowest BCUT2D eigenvalue weighted by atomic mass is 10.3. The van der Waals surface area contributed by atoms with E-state index in [4.69, 9.17) is 4.74 Å². The number of methoxy groups -OCH3 is 1. The highest BCUT2D eigenvalue weighted by Gasteiger charge is 2.00.